The number of allylic oxidation sites excluding steroid dienone is 9. The molecule has 0 aromatic carbocycles. The van der Waals surface area contributed by atoms with Crippen molar-refractivity contribution in [1.82, 2.24) is 0 Å². The molecule has 0 radical (unpaired) electrons. The summed E-state index contributed by atoms with van der Waals surface area (Å²) in [6.07, 6.45) is 33.8. The maximum absolute atomic E-state index is 8.43. The van der Waals surface area contributed by atoms with Gasteiger partial charge in [0.2, 0.25) is 0 Å². The van der Waals surface area contributed by atoms with Gasteiger partial charge in [-0.05, 0) is 18.9 Å². The summed E-state index contributed by atoms with van der Waals surface area (Å²) in [5.74, 6) is 0. The lowest BCUT2D eigenvalue weighted by Gasteiger charge is -2.01. The van der Waals surface area contributed by atoms with E-state index in [1.165, 1.54) is 70.6 Å². The molecule has 130 valence electrons. The standard InChI is InChI=1S/C22H36O/c1-2-3-4-5-6-7-8-9-10-11-12-13-14-15-16-17-18-19-20-21-22-23/h13-23H,2-12H2,1H3. The van der Waals surface area contributed by atoms with Crippen LogP contribution < -0.4 is 0 Å². The monoisotopic (exact) mass is 316 g/mol. The first kappa shape index (κ1) is 21.5. The van der Waals surface area contributed by atoms with Crippen LogP contribution in [-0.2, 0) is 0 Å². The highest BCUT2D eigenvalue weighted by atomic mass is 16.2. The van der Waals surface area contributed by atoms with Gasteiger partial charge in [0.1, 0.15) is 0 Å². The smallest absolute Gasteiger partial charge is 0.0791 e. The average Bonchev–Trinajstić information content (AvgIpc) is 2.57. The zero-order chi connectivity index (χ0) is 16.8. The van der Waals surface area contributed by atoms with E-state index in [4.69, 9.17) is 5.11 Å². The van der Waals surface area contributed by atoms with Gasteiger partial charge in [-0.15, -0.1) is 0 Å². The van der Waals surface area contributed by atoms with Gasteiger partial charge in [0.15, 0.2) is 0 Å². The molecule has 0 fully saturated rings. The maximum atomic E-state index is 8.43. The van der Waals surface area contributed by atoms with Crippen LogP contribution in [0.15, 0.2) is 60.9 Å². The topological polar surface area (TPSA) is 20.2 Å². The van der Waals surface area contributed by atoms with Gasteiger partial charge in [0, 0.05) is 0 Å². The Labute approximate surface area is 144 Å². The Morgan fingerprint density at radius 3 is 1.48 bits per heavy atom. The third-order valence-corrected chi connectivity index (χ3v) is 3.72. The molecule has 0 aliphatic heterocycles. The fraction of sp³-hybridized carbons (Fsp3) is 0.545. The van der Waals surface area contributed by atoms with Gasteiger partial charge < -0.3 is 5.11 Å². The van der Waals surface area contributed by atoms with Crippen molar-refractivity contribution in [1.29, 1.82) is 0 Å². The first-order valence-corrected chi connectivity index (χ1v) is 9.37. The van der Waals surface area contributed by atoms with Gasteiger partial charge >= 0.3 is 0 Å². The molecule has 1 N–H and O–H groups in total. The van der Waals surface area contributed by atoms with Gasteiger partial charge in [-0.25, -0.2) is 0 Å². The molecule has 0 saturated carbocycles. The van der Waals surface area contributed by atoms with Crippen LogP contribution >= 0.6 is 0 Å². The highest BCUT2D eigenvalue weighted by Gasteiger charge is 1.91. The van der Waals surface area contributed by atoms with Gasteiger partial charge in [-0.2, -0.15) is 0 Å². The van der Waals surface area contributed by atoms with Gasteiger partial charge in [-0.1, -0.05) is 113 Å². The summed E-state index contributed by atoms with van der Waals surface area (Å²) in [5, 5.41) is 8.43. The number of hydrogen-bond acceptors (Lipinski definition) is 1. The number of rotatable bonds is 15. The van der Waals surface area contributed by atoms with Crippen LogP contribution in [0, 0.1) is 0 Å². The van der Waals surface area contributed by atoms with Crippen molar-refractivity contribution in [2.45, 2.75) is 77.6 Å². The van der Waals surface area contributed by atoms with E-state index in [1.54, 1.807) is 12.2 Å². The average molecular weight is 317 g/mol. The molecular formula is C22H36O. The molecule has 23 heavy (non-hydrogen) atoms. The number of aliphatic hydroxyl groups excluding tert-OH is 1. The van der Waals surface area contributed by atoms with Gasteiger partial charge in [0.05, 0.1) is 6.26 Å². The first-order chi connectivity index (χ1) is 11.4. The second kappa shape index (κ2) is 20.5. The summed E-state index contributed by atoms with van der Waals surface area (Å²) in [7, 11) is 0. The normalized spacial score (nSPS) is 12.9. The second-order valence-electron chi connectivity index (χ2n) is 5.90. The number of unbranched alkanes of at least 4 members (excludes halogenated alkanes) is 10. The molecule has 1 heteroatoms. The largest absolute Gasteiger partial charge is 0.516 e. The van der Waals surface area contributed by atoms with Crippen molar-refractivity contribution >= 4 is 0 Å². The third kappa shape index (κ3) is 20.5. The van der Waals surface area contributed by atoms with Gasteiger partial charge in [0.25, 0.3) is 0 Å². The molecule has 0 unspecified atom stereocenters. The van der Waals surface area contributed by atoms with Crippen molar-refractivity contribution in [3.8, 4) is 0 Å². The zero-order valence-corrected chi connectivity index (χ0v) is 15.0. The highest BCUT2D eigenvalue weighted by Crippen LogP contribution is 2.11. The maximum Gasteiger partial charge on any atom is 0.0791 e. The number of aliphatic hydroxyl groups is 1. The van der Waals surface area contributed by atoms with Crippen molar-refractivity contribution in [3.05, 3.63) is 60.9 Å². The minimum absolute atomic E-state index is 1.02. The van der Waals surface area contributed by atoms with Crippen LogP contribution in [0.3, 0.4) is 0 Å². The highest BCUT2D eigenvalue weighted by molar-refractivity contribution is 5.17. The Kier molecular flexibility index (Phi) is 19.2. The summed E-state index contributed by atoms with van der Waals surface area (Å²) in [4.78, 5) is 0. The lowest BCUT2D eigenvalue weighted by molar-refractivity contribution is 0.474. The SMILES string of the molecule is CCCCCCCCCCCCC=CC=CC=CC=CC=CO. The molecular weight excluding hydrogens is 280 g/mol. The van der Waals surface area contributed by atoms with Crippen molar-refractivity contribution in [2.24, 2.45) is 0 Å². The van der Waals surface area contributed by atoms with E-state index in [0.717, 1.165) is 6.26 Å². The summed E-state index contributed by atoms with van der Waals surface area (Å²) < 4.78 is 0. The van der Waals surface area contributed by atoms with Crippen LogP contribution in [0.2, 0.25) is 0 Å². The van der Waals surface area contributed by atoms with Crippen LogP contribution in [0.4, 0.5) is 0 Å². The van der Waals surface area contributed by atoms with E-state index in [1.807, 2.05) is 24.3 Å². The van der Waals surface area contributed by atoms with E-state index in [-0.39, 0.29) is 0 Å². The van der Waals surface area contributed by atoms with Crippen molar-refractivity contribution in [2.75, 3.05) is 0 Å². The van der Waals surface area contributed by atoms with E-state index in [0.29, 0.717) is 0 Å². The molecule has 0 rings (SSSR count). The summed E-state index contributed by atoms with van der Waals surface area (Å²) >= 11 is 0. The van der Waals surface area contributed by atoms with Crippen LogP contribution in [0.25, 0.3) is 0 Å². The Morgan fingerprint density at radius 1 is 0.522 bits per heavy atom. The van der Waals surface area contributed by atoms with E-state index in [2.05, 4.69) is 25.2 Å². The Hall–Kier alpha value is -1.50. The van der Waals surface area contributed by atoms with E-state index < -0.39 is 0 Å². The molecule has 0 aromatic rings. The Bertz CT molecular complexity index is 358. The molecule has 0 spiro atoms. The van der Waals surface area contributed by atoms with Crippen LogP contribution in [-0.4, -0.2) is 5.11 Å². The Morgan fingerprint density at radius 2 is 0.957 bits per heavy atom. The molecule has 0 atom stereocenters. The molecule has 0 aliphatic rings. The third-order valence-electron chi connectivity index (χ3n) is 3.72. The Balaban J connectivity index is 3.31. The molecule has 0 saturated heterocycles. The number of hydrogen-bond donors (Lipinski definition) is 1. The summed E-state index contributed by atoms with van der Waals surface area (Å²) in [6, 6.07) is 0. The fourth-order valence-electron chi connectivity index (χ4n) is 2.36. The van der Waals surface area contributed by atoms with Gasteiger partial charge in [-0.3, -0.25) is 0 Å². The minimum Gasteiger partial charge on any atom is -0.516 e. The molecule has 0 heterocycles. The molecule has 0 bridgehead atoms. The minimum atomic E-state index is 1.02. The fourth-order valence-corrected chi connectivity index (χ4v) is 2.36. The van der Waals surface area contributed by atoms with Crippen LogP contribution in [0.5, 0.6) is 0 Å². The molecule has 0 aliphatic carbocycles. The molecule has 0 aromatic heterocycles. The quantitative estimate of drug-likeness (QED) is 0.187. The lowest BCUT2D eigenvalue weighted by atomic mass is 10.1. The summed E-state index contributed by atoms with van der Waals surface area (Å²) in [5.41, 5.74) is 0. The second-order valence-corrected chi connectivity index (χ2v) is 5.90. The molecule has 0 amide bonds. The van der Waals surface area contributed by atoms with Crippen molar-refractivity contribution in [3.63, 3.8) is 0 Å². The van der Waals surface area contributed by atoms with Crippen molar-refractivity contribution < 1.29 is 5.11 Å². The van der Waals surface area contributed by atoms with E-state index >= 15 is 0 Å². The predicted molar refractivity (Wildman–Crippen MR) is 105 cm³/mol. The zero-order valence-electron chi connectivity index (χ0n) is 15.0. The summed E-state index contributed by atoms with van der Waals surface area (Å²) in [6.45, 7) is 2.27. The van der Waals surface area contributed by atoms with E-state index in [9.17, 15) is 0 Å². The predicted octanol–water partition coefficient (Wildman–Crippen LogP) is 7.59. The lowest BCUT2D eigenvalue weighted by Crippen LogP contribution is -1.81. The van der Waals surface area contributed by atoms with Crippen LogP contribution in [0.1, 0.15) is 77.6 Å². The molecule has 1 nitrogen and oxygen atoms in total. The first-order valence-electron chi connectivity index (χ1n) is 9.37.